The maximum absolute atomic E-state index is 9.06. The van der Waals surface area contributed by atoms with E-state index in [1.165, 1.54) is 26.9 Å². The van der Waals surface area contributed by atoms with Gasteiger partial charge in [0.2, 0.25) is 5.52 Å². The van der Waals surface area contributed by atoms with Gasteiger partial charge in [0.15, 0.2) is 0 Å². The Hall–Kier alpha value is -2.72. The summed E-state index contributed by atoms with van der Waals surface area (Å²) in [6.45, 7) is 6.27. The summed E-state index contributed by atoms with van der Waals surface area (Å²) in [5.41, 5.74) is 2.48. The van der Waals surface area contributed by atoms with Crippen LogP contribution < -0.4 is 9.30 Å². The fourth-order valence-corrected chi connectivity index (χ4v) is 3.51. The molecule has 0 radical (unpaired) electrons. The summed E-state index contributed by atoms with van der Waals surface area (Å²) in [5.74, 6) is 0.887. The summed E-state index contributed by atoms with van der Waals surface area (Å²) in [7, 11) is 1.69. The Morgan fingerprint density at radius 3 is 2.40 bits per heavy atom. The van der Waals surface area contributed by atoms with Crippen molar-refractivity contribution in [2.45, 2.75) is 13.5 Å². The molecule has 1 aromatic heterocycles. The van der Waals surface area contributed by atoms with Gasteiger partial charge in [0.1, 0.15) is 23.3 Å². The van der Waals surface area contributed by atoms with E-state index in [-0.39, 0.29) is 0 Å². The Kier molecular flexibility index (Phi) is 7.11. The predicted molar refractivity (Wildman–Crippen MR) is 106 cm³/mol. The molecule has 0 atom stereocenters. The van der Waals surface area contributed by atoms with Crippen molar-refractivity contribution in [3.05, 3.63) is 71.8 Å². The van der Waals surface area contributed by atoms with E-state index < -0.39 is 0 Å². The van der Waals surface area contributed by atoms with E-state index in [0.717, 1.165) is 12.3 Å². The number of aldehydes is 1. The molecule has 128 valence electrons. The van der Waals surface area contributed by atoms with Gasteiger partial charge in [0.05, 0.1) is 7.11 Å². The van der Waals surface area contributed by atoms with E-state index in [9.17, 15) is 0 Å². The Morgan fingerprint density at radius 1 is 1.12 bits per heavy atom. The third-order valence-corrected chi connectivity index (χ3v) is 4.71. The molecule has 0 fully saturated rings. The van der Waals surface area contributed by atoms with Gasteiger partial charge >= 0.3 is 0 Å². The maximum Gasteiger partial charge on any atom is 0.262 e. The lowest BCUT2D eigenvalue weighted by Gasteiger charge is -1.98. The van der Waals surface area contributed by atoms with Crippen LogP contribution in [0.25, 0.3) is 22.4 Å². The van der Waals surface area contributed by atoms with Gasteiger partial charge in [0.25, 0.3) is 5.01 Å². The summed E-state index contributed by atoms with van der Waals surface area (Å²) in [4.78, 5) is 9.06. The Bertz CT molecular complexity index is 857. The third-order valence-electron chi connectivity index (χ3n) is 3.58. The van der Waals surface area contributed by atoms with Crippen molar-refractivity contribution in [3.63, 3.8) is 0 Å². The van der Waals surface area contributed by atoms with Gasteiger partial charge in [-0.1, -0.05) is 42.2 Å². The molecule has 0 amide bonds. The van der Waals surface area contributed by atoms with Crippen molar-refractivity contribution in [3.8, 4) is 5.75 Å². The van der Waals surface area contributed by atoms with Gasteiger partial charge in [-0.15, -0.1) is 0 Å². The molecule has 0 bridgehead atoms. The highest BCUT2D eigenvalue weighted by Crippen LogP contribution is 2.22. The zero-order valence-corrected chi connectivity index (χ0v) is 15.3. The van der Waals surface area contributed by atoms with Crippen molar-refractivity contribution in [1.29, 1.82) is 0 Å². The van der Waals surface area contributed by atoms with Gasteiger partial charge in [-0.3, -0.25) is 4.79 Å². The summed E-state index contributed by atoms with van der Waals surface area (Å²) in [6, 6.07) is 16.7. The van der Waals surface area contributed by atoms with Crippen molar-refractivity contribution in [1.82, 2.24) is 0 Å². The Balaban J connectivity index is 0.000000511. The number of hydrogen-bond donors (Lipinski definition) is 0. The minimum absolute atomic E-state index is 0.639. The van der Waals surface area contributed by atoms with Crippen LogP contribution >= 0.6 is 11.3 Å². The summed E-state index contributed by atoms with van der Waals surface area (Å²) in [5, 5.41) is 1.27. The number of hydrogen-bond acceptors (Lipinski definition) is 3. The summed E-state index contributed by atoms with van der Waals surface area (Å²) >= 11 is 1.83. The zero-order valence-electron chi connectivity index (χ0n) is 14.5. The van der Waals surface area contributed by atoms with Crippen LogP contribution in [-0.2, 0) is 11.3 Å². The van der Waals surface area contributed by atoms with Crippen LogP contribution in [-0.4, -0.2) is 13.4 Å². The molecule has 0 unspecified atom stereocenters. The topological polar surface area (TPSA) is 30.2 Å². The molecule has 2 aromatic carbocycles. The van der Waals surface area contributed by atoms with Gasteiger partial charge in [-0.2, -0.15) is 4.57 Å². The minimum Gasteiger partial charge on any atom is -0.497 e. The van der Waals surface area contributed by atoms with Gasteiger partial charge < -0.3 is 4.74 Å². The third kappa shape index (κ3) is 4.88. The highest BCUT2D eigenvalue weighted by atomic mass is 32.1. The summed E-state index contributed by atoms with van der Waals surface area (Å²) < 4.78 is 8.86. The van der Waals surface area contributed by atoms with Crippen LogP contribution in [0.5, 0.6) is 5.75 Å². The average molecular weight is 352 g/mol. The van der Waals surface area contributed by atoms with E-state index in [2.05, 4.69) is 66.6 Å². The lowest BCUT2D eigenvalue weighted by Crippen LogP contribution is -2.33. The maximum atomic E-state index is 9.06. The van der Waals surface area contributed by atoms with E-state index >= 15 is 0 Å². The molecule has 0 N–H and O–H groups in total. The van der Waals surface area contributed by atoms with Gasteiger partial charge in [-0.05, 0) is 42.8 Å². The number of thiazole rings is 1. The molecule has 0 aliphatic carbocycles. The number of para-hydroxylation sites is 1. The number of rotatable bonds is 5. The Labute approximate surface area is 152 Å². The monoisotopic (exact) mass is 352 g/mol. The lowest BCUT2D eigenvalue weighted by molar-refractivity contribution is -0.665. The van der Waals surface area contributed by atoms with Gasteiger partial charge in [-0.25, -0.2) is 0 Å². The largest absolute Gasteiger partial charge is 0.497 e. The zero-order chi connectivity index (χ0) is 18.1. The molecule has 3 nitrogen and oxygen atoms in total. The van der Waals surface area contributed by atoms with E-state index in [4.69, 9.17) is 9.53 Å². The second-order valence-corrected chi connectivity index (χ2v) is 6.19. The molecular weight excluding hydrogens is 330 g/mol. The second-order valence-electron chi connectivity index (χ2n) is 5.13. The minimum atomic E-state index is 0.639. The number of aryl methyl sites for hydroxylation is 1. The quantitative estimate of drug-likeness (QED) is 0.376. The fourth-order valence-electron chi connectivity index (χ4n) is 2.39. The van der Waals surface area contributed by atoms with Crippen LogP contribution in [0.1, 0.15) is 17.5 Å². The molecule has 1 heterocycles. The normalized spacial score (nSPS) is 10.3. The molecule has 25 heavy (non-hydrogen) atoms. The fraction of sp³-hybridized carbons (Fsp3) is 0.143. The number of aromatic nitrogens is 1. The molecule has 0 saturated heterocycles. The first-order chi connectivity index (χ1) is 12.2. The number of fused-ring (bicyclic) bond motifs is 1. The first-order valence-corrected chi connectivity index (χ1v) is 8.84. The SMILES string of the molecule is C=CC=O.CC[n+]1c(/C=C/c2ccc(OC)cc2)sc2ccccc21. The number of carbonyl (C=O) groups is 1. The van der Waals surface area contributed by atoms with Crippen LogP contribution in [0.4, 0.5) is 0 Å². The standard InChI is InChI=1S/C18H18NOS.C3H4O/c1-3-19-16-6-4-5-7-17(16)21-18(19)13-10-14-8-11-15(20-2)12-9-14;1-2-3-4/h4-13H,3H2,1-2H3;2-3H,1H2/q+1;/b13-10+;. The van der Waals surface area contributed by atoms with E-state index in [0.29, 0.717) is 6.29 Å². The smallest absolute Gasteiger partial charge is 0.262 e. The lowest BCUT2D eigenvalue weighted by atomic mass is 10.2. The molecule has 3 aromatic rings. The molecule has 4 heteroatoms. The highest BCUT2D eigenvalue weighted by molar-refractivity contribution is 7.18. The van der Waals surface area contributed by atoms with Crippen LogP contribution in [0.2, 0.25) is 0 Å². The summed E-state index contributed by atoms with van der Waals surface area (Å²) in [6.07, 6.45) is 6.17. The van der Waals surface area contributed by atoms with Crippen molar-refractivity contribution >= 4 is 40.0 Å². The predicted octanol–water partition coefficient (Wildman–Crippen LogP) is 4.76. The van der Waals surface area contributed by atoms with E-state index in [1.807, 2.05) is 23.5 Å². The second kappa shape index (κ2) is 9.55. The molecule has 0 aliphatic heterocycles. The number of ether oxygens (including phenoxy) is 1. The number of benzene rings is 2. The molecule has 3 rings (SSSR count). The first-order valence-electron chi connectivity index (χ1n) is 8.03. The van der Waals surface area contributed by atoms with Crippen molar-refractivity contribution < 1.29 is 14.1 Å². The Morgan fingerprint density at radius 2 is 1.80 bits per heavy atom. The van der Waals surface area contributed by atoms with Crippen LogP contribution in [0, 0.1) is 0 Å². The molecule has 0 saturated carbocycles. The number of nitrogens with zero attached hydrogens (tertiary/aromatic N) is 1. The number of carbonyl (C=O) groups excluding carboxylic acids is 1. The molecule has 0 spiro atoms. The highest BCUT2D eigenvalue weighted by Gasteiger charge is 2.15. The number of allylic oxidation sites excluding steroid dienone is 1. The van der Waals surface area contributed by atoms with Gasteiger partial charge in [0, 0.05) is 12.1 Å². The average Bonchev–Trinajstić information content (AvgIpc) is 3.04. The van der Waals surface area contributed by atoms with Crippen molar-refractivity contribution in [2.75, 3.05) is 7.11 Å². The number of methoxy groups -OCH3 is 1. The molecular formula is C21H22NO2S+. The van der Waals surface area contributed by atoms with Crippen molar-refractivity contribution in [2.24, 2.45) is 0 Å². The first kappa shape index (κ1) is 18.6. The van der Waals surface area contributed by atoms with E-state index in [1.54, 1.807) is 7.11 Å². The molecule has 0 aliphatic rings. The van der Waals surface area contributed by atoms with Crippen LogP contribution in [0.15, 0.2) is 61.2 Å². The van der Waals surface area contributed by atoms with Crippen LogP contribution in [0.3, 0.4) is 0 Å².